The van der Waals surface area contributed by atoms with E-state index in [0.29, 0.717) is 62.3 Å². The zero-order chi connectivity index (χ0) is 32.1. The standard InChI is InChI=1S/C32H38ClFN6O5/c1-4-44-31(42)23-9-6-5-8-20(29-36-17-25(38-29)19-12-11-18(35-2)16-24(19)37-23)30(41)40(3)15-7-10-26-27-22(39-32(43)45-26)14-13-21(33)28(27)34/h11-14,16-17,20,23,26,35,37H,4-10,15H2,1-3H3,(H,36,38)(H,39,43). The number of anilines is 3. The molecule has 3 atom stereocenters. The number of hydrogen-bond donors (Lipinski definition) is 4. The normalized spacial score (nSPS) is 19.3. The molecular formula is C32H38ClFN6O5. The second kappa shape index (κ2) is 14.2. The van der Waals surface area contributed by atoms with Crippen molar-refractivity contribution < 1.29 is 28.2 Å². The minimum Gasteiger partial charge on any atom is -0.464 e. The van der Waals surface area contributed by atoms with E-state index in [-0.39, 0.29) is 29.1 Å². The topological polar surface area (TPSA) is 138 Å². The first-order chi connectivity index (χ1) is 21.7. The Morgan fingerprint density at radius 2 is 2.00 bits per heavy atom. The molecule has 0 fully saturated rings. The van der Waals surface area contributed by atoms with Crippen LogP contribution >= 0.6 is 11.6 Å². The Kier molecular flexibility index (Phi) is 10.1. The van der Waals surface area contributed by atoms with E-state index in [4.69, 9.17) is 21.1 Å². The Bertz CT molecular complexity index is 1560. The number of hydrogen-bond acceptors (Lipinski definition) is 8. The van der Waals surface area contributed by atoms with E-state index in [2.05, 4.69) is 25.9 Å². The fourth-order valence-electron chi connectivity index (χ4n) is 5.87. The highest BCUT2D eigenvalue weighted by molar-refractivity contribution is 6.31. The van der Waals surface area contributed by atoms with Crippen molar-refractivity contribution in [3.8, 4) is 11.3 Å². The zero-order valence-corrected chi connectivity index (χ0v) is 26.3. The highest BCUT2D eigenvalue weighted by Gasteiger charge is 2.32. The van der Waals surface area contributed by atoms with Crippen LogP contribution in [0.4, 0.5) is 26.2 Å². The van der Waals surface area contributed by atoms with Gasteiger partial charge in [0.1, 0.15) is 18.0 Å². The average Bonchev–Trinajstić information content (AvgIpc) is 3.51. The number of amides is 2. The number of carbonyl (C=O) groups excluding carboxylic acids is 3. The molecule has 1 aromatic heterocycles. The number of nitrogens with one attached hydrogen (secondary N) is 4. The SMILES string of the molecule is CCOC(=O)C1CCCCC(C(=O)N(C)CCCC2OC(=O)Nc3ccc(Cl)c(F)c32)c2ncc([nH]2)-c2ccc(NC)cc2N1. The van der Waals surface area contributed by atoms with Gasteiger partial charge in [0, 0.05) is 37.6 Å². The summed E-state index contributed by atoms with van der Waals surface area (Å²) in [5.74, 6) is -1.04. The molecule has 2 amide bonds. The third-order valence-corrected chi connectivity index (χ3v) is 8.53. The van der Waals surface area contributed by atoms with E-state index in [1.54, 1.807) is 31.1 Å². The van der Waals surface area contributed by atoms with Crippen LogP contribution in [-0.2, 0) is 19.1 Å². The van der Waals surface area contributed by atoms with Gasteiger partial charge in [0.05, 0.1) is 40.7 Å². The number of cyclic esters (lactones) is 1. The molecule has 0 saturated carbocycles. The highest BCUT2D eigenvalue weighted by Crippen LogP contribution is 2.38. The van der Waals surface area contributed by atoms with Crippen molar-refractivity contribution in [3.63, 3.8) is 0 Å². The Morgan fingerprint density at radius 1 is 1.20 bits per heavy atom. The molecule has 3 unspecified atom stereocenters. The Hall–Kier alpha value is -4.32. The number of carbonyl (C=O) groups is 3. The lowest BCUT2D eigenvalue weighted by Crippen LogP contribution is -2.34. The lowest BCUT2D eigenvalue weighted by molar-refractivity contribution is -0.144. The molecule has 45 heavy (non-hydrogen) atoms. The third-order valence-electron chi connectivity index (χ3n) is 8.24. The molecule has 13 heteroatoms. The van der Waals surface area contributed by atoms with Gasteiger partial charge in [0.15, 0.2) is 5.82 Å². The maximum absolute atomic E-state index is 14.8. The van der Waals surface area contributed by atoms with Crippen molar-refractivity contribution in [1.82, 2.24) is 14.9 Å². The third kappa shape index (κ3) is 7.16. The lowest BCUT2D eigenvalue weighted by Gasteiger charge is -2.28. The van der Waals surface area contributed by atoms with Gasteiger partial charge >= 0.3 is 12.1 Å². The number of likely N-dealkylation sites (N-methyl/N-ethyl adjacent to an activating group) is 1. The van der Waals surface area contributed by atoms with Crippen molar-refractivity contribution in [3.05, 3.63) is 58.8 Å². The summed E-state index contributed by atoms with van der Waals surface area (Å²) < 4.78 is 25.6. The molecule has 4 N–H and O–H groups in total. The number of imidazole rings is 1. The van der Waals surface area contributed by atoms with E-state index in [1.807, 2.05) is 25.2 Å². The van der Waals surface area contributed by atoms with Crippen LogP contribution in [0.15, 0.2) is 36.5 Å². The van der Waals surface area contributed by atoms with Crippen LogP contribution in [0.5, 0.6) is 0 Å². The summed E-state index contributed by atoms with van der Waals surface area (Å²) in [6, 6.07) is 8.18. The first-order valence-corrected chi connectivity index (χ1v) is 15.6. The molecule has 0 aliphatic carbocycles. The van der Waals surface area contributed by atoms with Crippen LogP contribution in [0.25, 0.3) is 11.3 Å². The van der Waals surface area contributed by atoms with Gasteiger partial charge in [-0.15, -0.1) is 0 Å². The van der Waals surface area contributed by atoms with Crippen LogP contribution < -0.4 is 16.0 Å². The smallest absolute Gasteiger partial charge is 0.412 e. The van der Waals surface area contributed by atoms with Gasteiger partial charge in [-0.05, 0) is 62.9 Å². The molecule has 0 radical (unpaired) electrons. The molecule has 2 aliphatic heterocycles. The highest BCUT2D eigenvalue weighted by atomic mass is 35.5. The number of H-pyrrole nitrogens is 1. The van der Waals surface area contributed by atoms with Crippen LogP contribution in [0.2, 0.25) is 5.02 Å². The molecule has 11 nitrogen and oxygen atoms in total. The maximum Gasteiger partial charge on any atom is 0.412 e. The number of esters is 1. The fourth-order valence-corrected chi connectivity index (χ4v) is 6.03. The summed E-state index contributed by atoms with van der Waals surface area (Å²) in [6.45, 7) is 2.42. The molecule has 2 aromatic carbocycles. The fraction of sp³-hybridized carbons (Fsp3) is 0.438. The number of aromatic nitrogens is 2. The molecule has 2 bridgehead atoms. The lowest BCUT2D eigenvalue weighted by atomic mass is 9.96. The largest absolute Gasteiger partial charge is 0.464 e. The molecule has 0 saturated heterocycles. The van der Waals surface area contributed by atoms with Crippen molar-refractivity contribution in [2.45, 2.75) is 63.5 Å². The molecular weight excluding hydrogens is 603 g/mol. The quantitative estimate of drug-likeness (QED) is 0.206. The molecule has 240 valence electrons. The monoisotopic (exact) mass is 640 g/mol. The van der Waals surface area contributed by atoms with E-state index >= 15 is 0 Å². The maximum atomic E-state index is 14.8. The Morgan fingerprint density at radius 3 is 2.78 bits per heavy atom. The van der Waals surface area contributed by atoms with Gasteiger partial charge < -0.3 is 30.0 Å². The summed E-state index contributed by atoms with van der Waals surface area (Å²) >= 11 is 5.99. The van der Waals surface area contributed by atoms with Gasteiger partial charge in [-0.25, -0.2) is 19.0 Å². The Labute approximate surface area is 266 Å². The molecule has 0 spiro atoms. The van der Waals surface area contributed by atoms with Crippen LogP contribution in [0, 0.1) is 5.82 Å². The van der Waals surface area contributed by atoms with Crippen molar-refractivity contribution in [2.75, 3.05) is 43.2 Å². The number of fused-ring (bicyclic) bond motifs is 5. The van der Waals surface area contributed by atoms with Gasteiger partial charge in [0.25, 0.3) is 0 Å². The van der Waals surface area contributed by atoms with Crippen molar-refractivity contribution in [1.29, 1.82) is 0 Å². The molecule has 5 rings (SSSR count). The first-order valence-electron chi connectivity index (χ1n) is 15.2. The second-order valence-electron chi connectivity index (χ2n) is 11.2. The molecule has 3 aromatic rings. The average molecular weight is 641 g/mol. The minimum absolute atomic E-state index is 0.0550. The summed E-state index contributed by atoms with van der Waals surface area (Å²) in [7, 11) is 3.55. The van der Waals surface area contributed by atoms with E-state index in [1.165, 1.54) is 6.07 Å². The second-order valence-corrected chi connectivity index (χ2v) is 11.6. The first kappa shape index (κ1) is 32.1. The minimum atomic E-state index is -0.825. The summed E-state index contributed by atoms with van der Waals surface area (Å²) in [5.41, 5.74) is 3.68. The van der Waals surface area contributed by atoms with Gasteiger partial charge in [-0.1, -0.05) is 24.4 Å². The van der Waals surface area contributed by atoms with Crippen molar-refractivity contribution in [2.24, 2.45) is 0 Å². The van der Waals surface area contributed by atoms with E-state index in [9.17, 15) is 18.8 Å². The van der Waals surface area contributed by atoms with E-state index in [0.717, 1.165) is 16.9 Å². The number of benzene rings is 2. The predicted molar refractivity (Wildman–Crippen MR) is 170 cm³/mol. The van der Waals surface area contributed by atoms with Gasteiger partial charge in [-0.2, -0.15) is 0 Å². The zero-order valence-electron chi connectivity index (χ0n) is 25.5. The molecule has 3 heterocycles. The van der Waals surface area contributed by atoms with Gasteiger partial charge in [0.2, 0.25) is 5.91 Å². The number of ether oxygens (including phenoxy) is 2. The van der Waals surface area contributed by atoms with Crippen LogP contribution in [-0.4, -0.2) is 66.1 Å². The van der Waals surface area contributed by atoms with Crippen molar-refractivity contribution >= 4 is 46.6 Å². The summed E-state index contributed by atoms with van der Waals surface area (Å²) in [5, 5.41) is 8.97. The Balaban J connectivity index is 1.33. The van der Waals surface area contributed by atoms with E-state index < -0.39 is 30.0 Å². The molecule has 2 aliphatic rings. The van der Waals surface area contributed by atoms with Gasteiger partial charge in [-0.3, -0.25) is 10.1 Å². The number of halogens is 2. The van der Waals surface area contributed by atoms with Crippen LogP contribution in [0.3, 0.4) is 0 Å². The summed E-state index contributed by atoms with van der Waals surface area (Å²) in [4.78, 5) is 48.4. The number of nitrogens with zero attached hydrogens (tertiary/aromatic N) is 2. The summed E-state index contributed by atoms with van der Waals surface area (Å²) in [6.07, 6.45) is 3.41. The number of rotatable bonds is 8. The number of aromatic amines is 1. The predicted octanol–water partition coefficient (Wildman–Crippen LogP) is 6.45. The van der Waals surface area contributed by atoms with Crippen LogP contribution in [0.1, 0.15) is 68.9 Å².